The second-order valence-corrected chi connectivity index (χ2v) is 4.25. The Bertz CT molecular complexity index is 517. The van der Waals surface area contributed by atoms with Gasteiger partial charge in [0.15, 0.2) is 0 Å². The predicted molar refractivity (Wildman–Crippen MR) is 67.8 cm³/mol. The van der Waals surface area contributed by atoms with Crippen molar-refractivity contribution in [2.24, 2.45) is 0 Å². The molecule has 0 unspecified atom stereocenters. The first-order valence-corrected chi connectivity index (χ1v) is 5.77. The van der Waals surface area contributed by atoms with Gasteiger partial charge in [-0.25, -0.2) is 0 Å². The summed E-state index contributed by atoms with van der Waals surface area (Å²) in [5, 5.41) is 2.79. The van der Waals surface area contributed by atoms with Crippen LogP contribution in [0.5, 0.6) is 0 Å². The molecule has 0 heterocycles. The Morgan fingerprint density at radius 3 is 2.00 bits per heavy atom. The van der Waals surface area contributed by atoms with Gasteiger partial charge >= 0.3 is 0 Å². The Balaban J connectivity index is 2.13. The maximum absolute atomic E-state index is 10.5. The van der Waals surface area contributed by atoms with Crippen molar-refractivity contribution in [2.75, 3.05) is 6.54 Å². The lowest BCUT2D eigenvalue weighted by molar-refractivity contribution is -0.109. The summed E-state index contributed by atoms with van der Waals surface area (Å²) in [5.74, 6) is 0.285. The molecule has 0 bridgehead atoms. The molecule has 0 fully saturated rings. The van der Waals surface area contributed by atoms with Crippen LogP contribution in [0.3, 0.4) is 0 Å². The van der Waals surface area contributed by atoms with Crippen molar-refractivity contribution in [1.29, 1.82) is 0 Å². The fourth-order valence-corrected chi connectivity index (χ4v) is 2.65. The number of benzene rings is 2. The van der Waals surface area contributed by atoms with Crippen LogP contribution < -0.4 is 5.32 Å². The molecule has 1 amide bonds. The molecule has 2 heteroatoms. The molecule has 0 aromatic heterocycles. The van der Waals surface area contributed by atoms with Crippen molar-refractivity contribution in [3.63, 3.8) is 0 Å². The lowest BCUT2D eigenvalue weighted by Gasteiger charge is -2.12. The zero-order valence-corrected chi connectivity index (χ0v) is 9.39. The third-order valence-corrected chi connectivity index (χ3v) is 3.37. The van der Waals surface area contributed by atoms with Gasteiger partial charge in [0.05, 0.1) is 0 Å². The Morgan fingerprint density at radius 2 is 1.47 bits per heavy atom. The minimum atomic E-state index is 0.285. The lowest BCUT2D eigenvalue weighted by Crippen LogP contribution is -2.19. The summed E-state index contributed by atoms with van der Waals surface area (Å²) in [5.41, 5.74) is 5.20. The second-order valence-electron chi connectivity index (χ2n) is 4.25. The smallest absolute Gasteiger partial charge is 0.207 e. The van der Waals surface area contributed by atoms with Gasteiger partial charge in [-0.3, -0.25) is 4.79 Å². The van der Waals surface area contributed by atoms with E-state index in [4.69, 9.17) is 0 Å². The van der Waals surface area contributed by atoms with Crippen LogP contribution in [0.25, 0.3) is 11.1 Å². The molecule has 2 aromatic rings. The maximum Gasteiger partial charge on any atom is 0.207 e. The molecular weight excluding hydrogens is 210 g/mol. The Labute approximate surface area is 100 Å². The minimum absolute atomic E-state index is 0.285. The van der Waals surface area contributed by atoms with E-state index in [2.05, 4.69) is 53.8 Å². The van der Waals surface area contributed by atoms with Crippen molar-refractivity contribution in [3.05, 3.63) is 59.7 Å². The molecule has 2 aromatic carbocycles. The zero-order chi connectivity index (χ0) is 11.7. The van der Waals surface area contributed by atoms with Crippen molar-refractivity contribution >= 4 is 6.41 Å². The molecule has 3 rings (SSSR count). The monoisotopic (exact) mass is 223 g/mol. The summed E-state index contributed by atoms with van der Waals surface area (Å²) in [4.78, 5) is 10.5. The topological polar surface area (TPSA) is 29.1 Å². The van der Waals surface area contributed by atoms with Crippen LogP contribution >= 0.6 is 0 Å². The summed E-state index contributed by atoms with van der Waals surface area (Å²) in [6.45, 7) is 0.664. The Morgan fingerprint density at radius 1 is 0.941 bits per heavy atom. The molecule has 0 radical (unpaired) electrons. The summed E-state index contributed by atoms with van der Waals surface area (Å²) in [6, 6.07) is 16.8. The maximum atomic E-state index is 10.5. The zero-order valence-electron chi connectivity index (χ0n) is 9.39. The van der Waals surface area contributed by atoms with Crippen LogP contribution in [0.4, 0.5) is 0 Å². The summed E-state index contributed by atoms with van der Waals surface area (Å²) in [7, 11) is 0. The van der Waals surface area contributed by atoms with Crippen LogP contribution in [-0.4, -0.2) is 13.0 Å². The third-order valence-electron chi connectivity index (χ3n) is 3.37. The van der Waals surface area contributed by atoms with E-state index in [-0.39, 0.29) is 5.92 Å². The first-order valence-electron chi connectivity index (χ1n) is 5.77. The van der Waals surface area contributed by atoms with E-state index in [0.29, 0.717) is 6.54 Å². The number of nitrogens with one attached hydrogen (secondary N) is 1. The SMILES string of the molecule is O=CNCC1c2ccccc2-c2ccccc21. The van der Waals surface area contributed by atoms with Crippen molar-refractivity contribution in [3.8, 4) is 11.1 Å². The fourth-order valence-electron chi connectivity index (χ4n) is 2.65. The number of carbonyl (C=O) groups is 1. The van der Waals surface area contributed by atoms with Crippen LogP contribution in [0.1, 0.15) is 17.0 Å². The van der Waals surface area contributed by atoms with E-state index in [1.807, 2.05) is 0 Å². The number of rotatable bonds is 3. The molecule has 2 nitrogen and oxygen atoms in total. The van der Waals surface area contributed by atoms with Gasteiger partial charge in [0.1, 0.15) is 0 Å². The first-order chi connectivity index (χ1) is 8.42. The molecule has 0 aliphatic heterocycles. The highest BCUT2D eigenvalue weighted by molar-refractivity contribution is 5.78. The first kappa shape index (κ1) is 10.1. The van der Waals surface area contributed by atoms with Crippen molar-refractivity contribution < 1.29 is 4.79 Å². The third kappa shape index (κ3) is 1.53. The van der Waals surface area contributed by atoms with Crippen molar-refractivity contribution in [1.82, 2.24) is 5.32 Å². The summed E-state index contributed by atoms with van der Waals surface area (Å²) >= 11 is 0. The predicted octanol–water partition coefficient (Wildman–Crippen LogP) is 2.54. The van der Waals surface area contributed by atoms with Gasteiger partial charge in [0, 0.05) is 12.5 Å². The number of hydrogen-bond acceptors (Lipinski definition) is 1. The molecule has 1 aliphatic carbocycles. The number of fused-ring (bicyclic) bond motifs is 3. The van der Waals surface area contributed by atoms with Crippen molar-refractivity contribution in [2.45, 2.75) is 5.92 Å². The average molecular weight is 223 g/mol. The van der Waals surface area contributed by atoms with E-state index in [0.717, 1.165) is 6.41 Å². The molecule has 0 spiro atoms. The van der Waals surface area contributed by atoms with E-state index in [1.165, 1.54) is 22.3 Å². The summed E-state index contributed by atoms with van der Waals surface area (Å²) in [6.07, 6.45) is 0.767. The minimum Gasteiger partial charge on any atom is -0.358 e. The van der Waals surface area contributed by atoms with E-state index in [1.54, 1.807) is 0 Å². The Kier molecular flexibility index (Phi) is 2.41. The van der Waals surface area contributed by atoms with Gasteiger partial charge in [-0.15, -0.1) is 0 Å². The molecule has 0 saturated carbocycles. The molecule has 1 N–H and O–H groups in total. The van der Waals surface area contributed by atoms with Crippen LogP contribution in [0, 0.1) is 0 Å². The average Bonchev–Trinajstić information content (AvgIpc) is 2.71. The normalized spacial score (nSPS) is 12.9. The summed E-state index contributed by atoms with van der Waals surface area (Å²) < 4.78 is 0. The highest BCUT2D eigenvalue weighted by atomic mass is 16.1. The molecular formula is C15H13NO. The molecule has 84 valence electrons. The standard InChI is InChI=1S/C15H13NO/c17-10-16-9-15-13-7-3-1-5-11(13)12-6-2-4-8-14(12)15/h1-8,10,15H,9H2,(H,16,17). The van der Waals surface area contributed by atoms with Gasteiger partial charge in [-0.2, -0.15) is 0 Å². The van der Waals surface area contributed by atoms with Gasteiger partial charge in [-0.1, -0.05) is 48.5 Å². The highest BCUT2D eigenvalue weighted by Gasteiger charge is 2.27. The van der Waals surface area contributed by atoms with Crippen LogP contribution in [0.15, 0.2) is 48.5 Å². The number of carbonyl (C=O) groups excluding carboxylic acids is 1. The van der Waals surface area contributed by atoms with Gasteiger partial charge in [-0.05, 0) is 22.3 Å². The number of hydrogen-bond donors (Lipinski definition) is 1. The van der Waals surface area contributed by atoms with E-state index in [9.17, 15) is 4.79 Å². The molecule has 0 atom stereocenters. The van der Waals surface area contributed by atoms with Gasteiger partial charge in [0.2, 0.25) is 6.41 Å². The number of amides is 1. The van der Waals surface area contributed by atoms with Crippen LogP contribution in [0.2, 0.25) is 0 Å². The second kappa shape index (κ2) is 4.06. The fraction of sp³-hybridized carbons (Fsp3) is 0.133. The van der Waals surface area contributed by atoms with E-state index >= 15 is 0 Å². The van der Waals surface area contributed by atoms with Gasteiger partial charge in [0.25, 0.3) is 0 Å². The highest BCUT2D eigenvalue weighted by Crippen LogP contribution is 2.43. The van der Waals surface area contributed by atoms with Crippen LogP contribution in [-0.2, 0) is 4.79 Å². The molecule has 17 heavy (non-hydrogen) atoms. The quantitative estimate of drug-likeness (QED) is 0.796. The lowest BCUT2D eigenvalue weighted by atomic mass is 9.97. The Hall–Kier alpha value is -2.09. The molecule has 0 saturated heterocycles. The van der Waals surface area contributed by atoms with Gasteiger partial charge < -0.3 is 5.32 Å². The molecule has 1 aliphatic rings. The van der Waals surface area contributed by atoms with E-state index < -0.39 is 0 Å². The largest absolute Gasteiger partial charge is 0.358 e.